The van der Waals surface area contributed by atoms with E-state index in [1.54, 1.807) is 31.3 Å². The van der Waals surface area contributed by atoms with Crippen LogP contribution in [0.5, 0.6) is 5.75 Å². The number of rotatable bonds is 7. The van der Waals surface area contributed by atoms with E-state index in [1.165, 1.54) is 4.90 Å². The van der Waals surface area contributed by atoms with Gasteiger partial charge in [0, 0.05) is 12.7 Å². The lowest BCUT2D eigenvalue weighted by molar-refractivity contribution is 0.309. The van der Waals surface area contributed by atoms with Gasteiger partial charge in [-0.05, 0) is 30.7 Å². The first kappa shape index (κ1) is 14.8. The summed E-state index contributed by atoms with van der Waals surface area (Å²) >= 11 is 0. The smallest absolute Gasteiger partial charge is 0.283 e. The maximum atomic E-state index is 10.7. The van der Waals surface area contributed by atoms with Gasteiger partial charge in [0.1, 0.15) is 11.6 Å². The average molecular weight is 273 g/mol. The third-order valence-electron chi connectivity index (χ3n) is 2.40. The van der Waals surface area contributed by atoms with Gasteiger partial charge in [-0.3, -0.25) is 4.55 Å². The van der Waals surface area contributed by atoms with Gasteiger partial charge in [-0.1, -0.05) is 13.3 Å². The van der Waals surface area contributed by atoms with Crippen LogP contribution in [-0.4, -0.2) is 32.5 Å². The summed E-state index contributed by atoms with van der Waals surface area (Å²) in [4.78, 5) is 1.45. The van der Waals surface area contributed by atoms with E-state index in [-0.39, 0.29) is 0 Å². The van der Waals surface area contributed by atoms with E-state index in [0.29, 0.717) is 12.3 Å². The molecule has 1 aromatic carbocycles. The molecule has 0 aliphatic carbocycles. The van der Waals surface area contributed by atoms with Crippen molar-refractivity contribution in [3.8, 4) is 5.75 Å². The summed E-state index contributed by atoms with van der Waals surface area (Å²) in [5.41, 5.74) is 0.704. The molecule has 0 atom stereocenters. The maximum Gasteiger partial charge on any atom is 0.283 e. The normalized spacial score (nSPS) is 11.3. The van der Waals surface area contributed by atoms with Crippen molar-refractivity contribution in [3.63, 3.8) is 0 Å². The minimum absolute atomic E-state index is 0.428. The molecule has 6 heteroatoms. The number of ether oxygens (including phenoxy) is 1. The van der Waals surface area contributed by atoms with Gasteiger partial charge in [-0.15, -0.1) is 0 Å². The topological polar surface area (TPSA) is 66.8 Å². The number of hydrogen-bond acceptors (Lipinski definition) is 4. The summed E-state index contributed by atoms with van der Waals surface area (Å²) < 4.78 is 35.7. The fourth-order valence-electron chi connectivity index (χ4n) is 1.45. The molecule has 102 valence electrons. The molecule has 0 spiro atoms. The zero-order chi connectivity index (χ0) is 13.6. The Morgan fingerprint density at radius 3 is 2.39 bits per heavy atom. The number of unbranched alkanes of at least 4 members (excludes halogenated alkanes) is 1. The first-order valence-corrected chi connectivity index (χ1v) is 7.42. The van der Waals surface area contributed by atoms with E-state index in [2.05, 4.69) is 6.92 Å². The highest BCUT2D eigenvalue weighted by molar-refractivity contribution is 7.85. The molecule has 0 aliphatic rings. The van der Waals surface area contributed by atoms with E-state index >= 15 is 0 Å². The number of nitrogens with zero attached hydrogens (tertiary/aromatic N) is 1. The SMILES string of the molecule is CCCCOc1ccc(N(C)CS(=O)(=O)O)cc1. The van der Waals surface area contributed by atoms with Gasteiger partial charge in [0.05, 0.1) is 6.61 Å². The summed E-state index contributed by atoms with van der Waals surface area (Å²) in [5, 5.41) is 0. The summed E-state index contributed by atoms with van der Waals surface area (Å²) in [7, 11) is -2.41. The van der Waals surface area contributed by atoms with Crippen LogP contribution in [-0.2, 0) is 10.1 Å². The van der Waals surface area contributed by atoms with Crippen molar-refractivity contribution >= 4 is 15.8 Å². The van der Waals surface area contributed by atoms with Crippen molar-refractivity contribution in [2.75, 3.05) is 24.4 Å². The Kier molecular flexibility index (Phi) is 5.43. The first-order valence-electron chi connectivity index (χ1n) is 5.81. The molecule has 18 heavy (non-hydrogen) atoms. The van der Waals surface area contributed by atoms with Crippen LogP contribution in [0.15, 0.2) is 24.3 Å². The largest absolute Gasteiger partial charge is 0.494 e. The quantitative estimate of drug-likeness (QED) is 0.609. The summed E-state index contributed by atoms with van der Waals surface area (Å²) in [6.45, 7) is 2.77. The minimum Gasteiger partial charge on any atom is -0.494 e. The molecule has 0 heterocycles. The fraction of sp³-hybridized carbons (Fsp3) is 0.500. The lowest BCUT2D eigenvalue weighted by Crippen LogP contribution is -2.24. The van der Waals surface area contributed by atoms with Gasteiger partial charge in [0.25, 0.3) is 10.1 Å². The van der Waals surface area contributed by atoms with Crippen LogP contribution < -0.4 is 9.64 Å². The molecule has 0 fully saturated rings. The van der Waals surface area contributed by atoms with E-state index in [4.69, 9.17) is 9.29 Å². The molecule has 1 rings (SSSR count). The van der Waals surface area contributed by atoms with Crippen LogP contribution in [0.3, 0.4) is 0 Å². The van der Waals surface area contributed by atoms with Gasteiger partial charge in [-0.2, -0.15) is 8.42 Å². The number of benzene rings is 1. The molecule has 0 aliphatic heterocycles. The highest BCUT2D eigenvalue weighted by Crippen LogP contribution is 2.19. The molecular weight excluding hydrogens is 254 g/mol. The predicted molar refractivity (Wildman–Crippen MR) is 71.7 cm³/mol. The molecule has 5 nitrogen and oxygen atoms in total. The zero-order valence-corrected chi connectivity index (χ0v) is 11.5. The lowest BCUT2D eigenvalue weighted by atomic mass is 10.3. The van der Waals surface area contributed by atoms with Crippen LogP contribution in [0.4, 0.5) is 5.69 Å². The Morgan fingerprint density at radius 1 is 1.28 bits per heavy atom. The number of anilines is 1. The Labute approximate surface area is 108 Å². The molecule has 0 radical (unpaired) electrons. The Hall–Kier alpha value is -1.27. The van der Waals surface area contributed by atoms with Crippen molar-refractivity contribution in [2.45, 2.75) is 19.8 Å². The molecule has 0 aromatic heterocycles. The first-order chi connectivity index (χ1) is 8.42. The molecule has 1 N–H and O–H groups in total. The number of hydrogen-bond donors (Lipinski definition) is 1. The average Bonchev–Trinajstić information content (AvgIpc) is 2.28. The van der Waals surface area contributed by atoms with E-state index < -0.39 is 16.0 Å². The van der Waals surface area contributed by atoms with Gasteiger partial charge in [-0.25, -0.2) is 0 Å². The van der Waals surface area contributed by atoms with Crippen molar-refractivity contribution in [1.82, 2.24) is 0 Å². The fourth-order valence-corrected chi connectivity index (χ4v) is 2.09. The molecule has 0 bridgehead atoms. The minimum atomic E-state index is -4.00. The molecule has 0 unspecified atom stereocenters. The Bertz CT molecular complexity index is 455. The second-order valence-corrected chi connectivity index (χ2v) is 5.53. The Balaban J connectivity index is 2.59. The standard InChI is InChI=1S/C12H19NO4S/c1-3-4-9-17-12-7-5-11(6-8-12)13(2)10-18(14,15)16/h5-8H,3-4,9-10H2,1-2H3,(H,14,15,16). The highest BCUT2D eigenvalue weighted by atomic mass is 32.2. The summed E-state index contributed by atoms with van der Waals surface area (Å²) in [6.07, 6.45) is 2.08. The van der Waals surface area contributed by atoms with Crippen molar-refractivity contribution in [1.29, 1.82) is 0 Å². The summed E-state index contributed by atoms with van der Waals surface area (Å²) in [6, 6.07) is 7.08. The highest BCUT2D eigenvalue weighted by Gasteiger charge is 2.10. The molecule has 0 saturated carbocycles. The second kappa shape index (κ2) is 6.61. The summed E-state index contributed by atoms with van der Waals surface area (Å²) in [5.74, 6) is 0.329. The van der Waals surface area contributed by atoms with E-state index in [1.807, 2.05) is 0 Å². The maximum absolute atomic E-state index is 10.7. The predicted octanol–water partition coefficient (Wildman–Crippen LogP) is 2.15. The van der Waals surface area contributed by atoms with Gasteiger partial charge >= 0.3 is 0 Å². The third kappa shape index (κ3) is 5.37. The van der Waals surface area contributed by atoms with Crippen LogP contribution in [0.25, 0.3) is 0 Å². The van der Waals surface area contributed by atoms with Crippen molar-refractivity contribution in [2.24, 2.45) is 0 Å². The third-order valence-corrected chi connectivity index (χ3v) is 3.11. The molecule has 1 aromatic rings. The van der Waals surface area contributed by atoms with Crippen molar-refractivity contribution < 1.29 is 17.7 Å². The second-order valence-electron chi connectivity index (χ2n) is 4.10. The van der Waals surface area contributed by atoms with Crippen LogP contribution in [0.1, 0.15) is 19.8 Å². The zero-order valence-electron chi connectivity index (χ0n) is 10.7. The van der Waals surface area contributed by atoms with Crippen LogP contribution in [0.2, 0.25) is 0 Å². The van der Waals surface area contributed by atoms with E-state index in [0.717, 1.165) is 18.6 Å². The van der Waals surface area contributed by atoms with Crippen molar-refractivity contribution in [3.05, 3.63) is 24.3 Å². The lowest BCUT2D eigenvalue weighted by Gasteiger charge is -2.17. The molecule has 0 saturated heterocycles. The Morgan fingerprint density at radius 2 is 1.89 bits per heavy atom. The molecular formula is C12H19NO4S. The van der Waals surface area contributed by atoms with Gasteiger partial charge in [0.15, 0.2) is 0 Å². The molecule has 0 amide bonds. The van der Waals surface area contributed by atoms with Gasteiger partial charge in [0.2, 0.25) is 0 Å². The van der Waals surface area contributed by atoms with Gasteiger partial charge < -0.3 is 9.64 Å². The van der Waals surface area contributed by atoms with E-state index in [9.17, 15) is 8.42 Å². The van der Waals surface area contributed by atoms with Crippen LogP contribution in [0, 0.1) is 0 Å². The van der Waals surface area contributed by atoms with Crippen LogP contribution >= 0.6 is 0 Å². The monoisotopic (exact) mass is 273 g/mol.